The van der Waals surface area contributed by atoms with Gasteiger partial charge in [0.25, 0.3) is 17.3 Å². The molecule has 0 saturated carbocycles. The molecule has 0 radical (unpaired) electrons. The molecule has 0 aliphatic heterocycles. The van der Waals surface area contributed by atoms with Gasteiger partial charge in [-0.25, -0.2) is 0 Å². The Morgan fingerprint density at radius 1 is 1.05 bits per heavy atom. The number of halogens is 1. The van der Waals surface area contributed by atoms with Crippen molar-refractivity contribution in [3.05, 3.63) is 72.7 Å². The monoisotopic (exact) mass is 365 g/mol. The lowest BCUT2D eigenvalue weighted by atomic mass is 10.2. The molecular formula is C13H8BrN3O5. The summed E-state index contributed by atoms with van der Waals surface area (Å²) in [7, 11) is 0. The largest absolute Gasteiger partial charge is 0.316 e. The minimum atomic E-state index is -0.789. The molecule has 2 aromatic rings. The fourth-order valence-corrected chi connectivity index (χ4v) is 2.19. The van der Waals surface area contributed by atoms with E-state index in [1.165, 1.54) is 6.07 Å². The molecule has 0 spiro atoms. The van der Waals surface area contributed by atoms with Gasteiger partial charge in [-0.05, 0) is 34.1 Å². The summed E-state index contributed by atoms with van der Waals surface area (Å²) in [5.74, 6) is -0.565. The average molecular weight is 366 g/mol. The molecule has 112 valence electrons. The van der Waals surface area contributed by atoms with Gasteiger partial charge in [0, 0.05) is 10.5 Å². The maximum absolute atomic E-state index is 12.1. The first-order chi connectivity index (χ1) is 10.4. The van der Waals surface area contributed by atoms with Crippen molar-refractivity contribution in [3.8, 4) is 0 Å². The highest BCUT2D eigenvalue weighted by Crippen LogP contribution is 2.29. The highest BCUT2D eigenvalue weighted by Gasteiger charge is 2.21. The van der Waals surface area contributed by atoms with Gasteiger partial charge in [0.15, 0.2) is 0 Å². The van der Waals surface area contributed by atoms with Crippen molar-refractivity contribution in [3.63, 3.8) is 0 Å². The molecule has 22 heavy (non-hydrogen) atoms. The van der Waals surface area contributed by atoms with Crippen LogP contribution in [0.3, 0.4) is 0 Å². The number of nitrogens with zero attached hydrogens (tertiary/aromatic N) is 2. The van der Waals surface area contributed by atoms with E-state index in [1.54, 1.807) is 18.2 Å². The summed E-state index contributed by atoms with van der Waals surface area (Å²) in [5, 5.41) is 24.1. The van der Waals surface area contributed by atoms with Crippen molar-refractivity contribution in [2.75, 3.05) is 5.32 Å². The molecular weight excluding hydrogens is 358 g/mol. The van der Waals surface area contributed by atoms with Gasteiger partial charge in [0.2, 0.25) is 0 Å². The van der Waals surface area contributed by atoms with Gasteiger partial charge in [0.1, 0.15) is 5.69 Å². The molecule has 0 bridgehead atoms. The number of non-ortho nitro benzene ring substituents is 1. The fourth-order valence-electron chi connectivity index (χ4n) is 1.73. The second-order valence-electron chi connectivity index (χ2n) is 4.15. The van der Waals surface area contributed by atoms with Crippen LogP contribution >= 0.6 is 15.9 Å². The average Bonchev–Trinajstić information content (AvgIpc) is 2.47. The molecule has 0 atom stereocenters. The Labute approximate surface area is 132 Å². The molecule has 9 heteroatoms. The van der Waals surface area contributed by atoms with E-state index in [2.05, 4.69) is 21.2 Å². The first-order valence-corrected chi connectivity index (χ1v) is 6.68. The lowest BCUT2D eigenvalue weighted by Gasteiger charge is -2.07. The lowest BCUT2D eigenvalue weighted by molar-refractivity contribution is -0.393. The highest BCUT2D eigenvalue weighted by atomic mass is 79.9. The van der Waals surface area contributed by atoms with E-state index in [0.717, 1.165) is 18.2 Å². The zero-order valence-electron chi connectivity index (χ0n) is 10.9. The van der Waals surface area contributed by atoms with Gasteiger partial charge in [-0.15, -0.1) is 0 Å². The quantitative estimate of drug-likeness (QED) is 0.657. The van der Waals surface area contributed by atoms with Crippen LogP contribution in [0.5, 0.6) is 0 Å². The minimum Gasteiger partial charge on any atom is -0.316 e. The summed E-state index contributed by atoms with van der Waals surface area (Å²) in [6.45, 7) is 0. The van der Waals surface area contributed by atoms with Crippen molar-refractivity contribution < 1.29 is 14.6 Å². The fraction of sp³-hybridized carbons (Fsp3) is 0. The number of rotatable bonds is 4. The summed E-state index contributed by atoms with van der Waals surface area (Å²) in [6, 6.07) is 9.57. The zero-order valence-corrected chi connectivity index (χ0v) is 12.4. The number of benzene rings is 2. The Bertz CT molecular complexity index is 778. The van der Waals surface area contributed by atoms with Crippen LogP contribution in [0.15, 0.2) is 46.9 Å². The van der Waals surface area contributed by atoms with E-state index >= 15 is 0 Å². The topological polar surface area (TPSA) is 115 Å². The molecule has 0 aliphatic rings. The molecule has 2 rings (SSSR count). The van der Waals surface area contributed by atoms with E-state index in [-0.39, 0.29) is 11.3 Å². The van der Waals surface area contributed by atoms with E-state index < -0.39 is 27.1 Å². The van der Waals surface area contributed by atoms with Crippen molar-refractivity contribution in [1.29, 1.82) is 0 Å². The third-order valence-corrected chi connectivity index (χ3v) is 3.45. The molecule has 0 fully saturated rings. The number of carbonyl (C=O) groups excluding carboxylic acids is 1. The number of nitro groups is 2. The Morgan fingerprint density at radius 2 is 1.73 bits per heavy atom. The SMILES string of the molecule is O=C(Nc1ccc([N+](=O)[O-])cc1[N+](=O)[O-])c1ccccc1Br. The number of nitro benzene ring substituents is 2. The van der Waals surface area contributed by atoms with Gasteiger partial charge >= 0.3 is 0 Å². The standard InChI is InChI=1S/C13H8BrN3O5/c14-10-4-2-1-3-9(10)13(18)15-11-6-5-8(16(19)20)7-12(11)17(21)22/h1-7H,(H,15,18). The second kappa shape index (κ2) is 6.31. The number of carbonyl (C=O) groups is 1. The minimum absolute atomic E-state index is 0.114. The third-order valence-electron chi connectivity index (χ3n) is 2.76. The van der Waals surface area contributed by atoms with Crippen molar-refractivity contribution >= 4 is 38.9 Å². The Hall–Kier alpha value is -2.81. The summed E-state index contributed by atoms with van der Waals surface area (Å²) >= 11 is 3.20. The Morgan fingerprint density at radius 3 is 2.32 bits per heavy atom. The number of amides is 1. The molecule has 8 nitrogen and oxygen atoms in total. The summed E-state index contributed by atoms with van der Waals surface area (Å²) < 4.78 is 0.525. The number of hydrogen-bond donors (Lipinski definition) is 1. The normalized spacial score (nSPS) is 10.0. The Kier molecular flexibility index (Phi) is 4.47. The van der Waals surface area contributed by atoms with Gasteiger partial charge in [-0.2, -0.15) is 0 Å². The summed E-state index contributed by atoms with van der Waals surface area (Å²) in [6.07, 6.45) is 0. The van der Waals surface area contributed by atoms with Crippen LogP contribution in [0, 0.1) is 20.2 Å². The summed E-state index contributed by atoms with van der Waals surface area (Å²) in [5.41, 5.74) is -0.799. The van der Waals surface area contributed by atoms with Crippen LogP contribution in [0.1, 0.15) is 10.4 Å². The molecule has 0 saturated heterocycles. The van der Waals surface area contributed by atoms with E-state index in [0.29, 0.717) is 4.47 Å². The number of hydrogen-bond acceptors (Lipinski definition) is 5. The maximum Gasteiger partial charge on any atom is 0.299 e. The highest BCUT2D eigenvalue weighted by molar-refractivity contribution is 9.10. The van der Waals surface area contributed by atoms with E-state index in [9.17, 15) is 25.0 Å². The van der Waals surface area contributed by atoms with Crippen LogP contribution in [0.2, 0.25) is 0 Å². The summed E-state index contributed by atoms with van der Waals surface area (Å²) in [4.78, 5) is 32.3. The van der Waals surface area contributed by atoms with Gasteiger partial charge in [-0.1, -0.05) is 12.1 Å². The number of nitrogens with one attached hydrogen (secondary N) is 1. The van der Waals surface area contributed by atoms with Crippen LogP contribution < -0.4 is 5.32 Å². The van der Waals surface area contributed by atoms with Crippen LogP contribution in [0.4, 0.5) is 17.1 Å². The van der Waals surface area contributed by atoms with Crippen molar-refractivity contribution in [1.82, 2.24) is 0 Å². The Balaban J connectivity index is 2.37. The lowest BCUT2D eigenvalue weighted by Crippen LogP contribution is -2.13. The van der Waals surface area contributed by atoms with E-state index in [4.69, 9.17) is 0 Å². The predicted molar refractivity (Wildman–Crippen MR) is 81.8 cm³/mol. The first-order valence-electron chi connectivity index (χ1n) is 5.89. The van der Waals surface area contributed by atoms with Gasteiger partial charge in [0.05, 0.1) is 21.5 Å². The first kappa shape index (κ1) is 15.6. The zero-order chi connectivity index (χ0) is 16.3. The smallest absolute Gasteiger partial charge is 0.299 e. The molecule has 1 N–H and O–H groups in total. The van der Waals surface area contributed by atoms with E-state index in [1.807, 2.05) is 0 Å². The van der Waals surface area contributed by atoms with Crippen LogP contribution in [-0.4, -0.2) is 15.8 Å². The van der Waals surface area contributed by atoms with Crippen molar-refractivity contribution in [2.24, 2.45) is 0 Å². The van der Waals surface area contributed by atoms with Crippen LogP contribution in [0.25, 0.3) is 0 Å². The third kappa shape index (κ3) is 3.26. The van der Waals surface area contributed by atoms with Gasteiger partial charge < -0.3 is 5.32 Å². The second-order valence-corrected chi connectivity index (χ2v) is 5.00. The number of anilines is 1. The maximum atomic E-state index is 12.1. The molecule has 1 amide bonds. The molecule has 0 aromatic heterocycles. The molecule has 0 heterocycles. The predicted octanol–water partition coefficient (Wildman–Crippen LogP) is 3.52. The van der Waals surface area contributed by atoms with Gasteiger partial charge in [-0.3, -0.25) is 25.0 Å². The molecule has 0 unspecified atom stereocenters. The van der Waals surface area contributed by atoms with Crippen molar-refractivity contribution in [2.45, 2.75) is 0 Å². The molecule has 0 aliphatic carbocycles. The molecule has 2 aromatic carbocycles. The van der Waals surface area contributed by atoms with Crippen LogP contribution in [-0.2, 0) is 0 Å².